The number of likely N-dealkylation sites (tertiary alicyclic amines) is 1. The van der Waals surface area contributed by atoms with E-state index in [0.29, 0.717) is 29.5 Å². The third-order valence-corrected chi connectivity index (χ3v) is 6.24. The molecule has 4 rings (SSSR count). The summed E-state index contributed by atoms with van der Waals surface area (Å²) in [6.45, 7) is 5.47. The van der Waals surface area contributed by atoms with Crippen molar-refractivity contribution in [3.63, 3.8) is 0 Å². The van der Waals surface area contributed by atoms with E-state index in [1.807, 2.05) is 19.2 Å². The summed E-state index contributed by atoms with van der Waals surface area (Å²) in [7, 11) is -3.79. The molecular formula is C20H25N5O3S. The maximum Gasteiger partial charge on any atom is 0.344 e. The molecule has 1 atom stereocenters. The van der Waals surface area contributed by atoms with Gasteiger partial charge in [-0.15, -0.1) is 4.40 Å². The number of hydrogen-bond acceptors (Lipinski definition) is 6. The highest BCUT2D eigenvalue weighted by Crippen LogP contribution is 2.31. The first-order chi connectivity index (χ1) is 13.9. The second kappa shape index (κ2) is 8.00. The van der Waals surface area contributed by atoms with Crippen molar-refractivity contribution in [2.75, 3.05) is 24.4 Å². The number of hydrogen-bond donors (Lipinski definition) is 2. The average Bonchev–Trinajstić information content (AvgIpc) is 2.67. The largest absolute Gasteiger partial charge is 0.492 e. The van der Waals surface area contributed by atoms with Gasteiger partial charge in [0.2, 0.25) is 0 Å². The molecule has 1 fully saturated rings. The van der Waals surface area contributed by atoms with Crippen molar-refractivity contribution >= 4 is 21.7 Å². The molecule has 0 saturated carbocycles. The Kier molecular flexibility index (Phi) is 5.42. The lowest BCUT2D eigenvalue weighted by atomic mass is 9.98. The number of fused-ring (bicyclic) bond motifs is 1. The van der Waals surface area contributed by atoms with Crippen LogP contribution < -0.4 is 15.2 Å². The Morgan fingerprint density at radius 2 is 2.17 bits per heavy atom. The molecule has 0 aliphatic carbocycles. The summed E-state index contributed by atoms with van der Waals surface area (Å²) in [5.74, 6) is 0.882. The Hall–Kier alpha value is -2.65. The zero-order valence-corrected chi connectivity index (χ0v) is 17.2. The maximum absolute atomic E-state index is 11.7. The van der Waals surface area contributed by atoms with Crippen molar-refractivity contribution in [2.24, 2.45) is 16.0 Å². The van der Waals surface area contributed by atoms with E-state index in [4.69, 9.17) is 10.5 Å². The fourth-order valence-electron chi connectivity index (χ4n) is 3.90. The number of amidine groups is 1. The second-order valence-electron chi connectivity index (χ2n) is 7.53. The van der Waals surface area contributed by atoms with Crippen LogP contribution in [0.3, 0.4) is 0 Å². The number of pyridine rings is 1. The third kappa shape index (κ3) is 4.51. The molecule has 1 saturated heterocycles. The molecule has 1 aromatic carbocycles. The molecule has 154 valence electrons. The van der Waals surface area contributed by atoms with E-state index in [1.165, 1.54) is 5.56 Å². The second-order valence-corrected chi connectivity index (χ2v) is 8.87. The predicted octanol–water partition coefficient (Wildman–Crippen LogP) is 2.06. The van der Waals surface area contributed by atoms with Crippen LogP contribution in [0.2, 0.25) is 0 Å². The number of anilines is 1. The van der Waals surface area contributed by atoms with Crippen molar-refractivity contribution in [1.29, 1.82) is 0 Å². The van der Waals surface area contributed by atoms with Crippen molar-refractivity contribution in [3.8, 4) is 5.75 Å². The van der Waals surface area contributed by atoms with Crippen LogP contribution in [0, 0.1) is 12.8 Å². The molecule has 2 aromatic rings. The first kappa shape index (κ1) is 19.7. The molecular weight excluding hydrogens is 390 g/mol. The summed E-state index contributed by atoms with van der Waals surface area (Å²) in [6, 6.07) is 9.29. The SMILES string of the molecule is Cc1ncccc1CN1CCC[C@H](COc2cccc3c2C(N)=NS(=O)(=O)N3)C1. The van der Waals surface area contributed by atoms with E-state index in [1.54, 1.807) is 18.2 Å². The van der Waals surface area contributed by atoms with Gasteiger partial charge in [0.25, 0.3) is 0 Å². The molecule has 0 radical (unpaired) electrons. The standard InChI is InChI=1S/C20H25N5O3S/c1-14-16(6-3-9-22-14)12-25-10-4-5-15(11-25)13-28-18-8-2-7-17-19(18)20(21)24-29(26,27)23-17/h2-3,6-9,15,23H,4-5,10-13H2,1H3,(H2,21,24)/t15-/m0/s1. The smallest absolute Gasteiger partial charge is 0.344 e. The number of benzene rings is 1. The fraction of sp³-hybridized carbons (Fsp3) is 0.400. The van der Waals surface area contributed by atoms with Gasteiger partial charge in [-0.3, -0.25) is 14.6 Å². The summed E-state index contributed by atoms with van der Waals surface area (Å²) in [6.07, 6.45) is 4.03. The lowest BCUT2D eigenvalue weighted by Gasteiger charge is -2.33. The Morgan fingerprint density at radius 1 is 1.31 bits per heavy atom. The highest BCUT2D eigenvalue weighted by molar-refractivity contribution is 7.91. The van der Waals surface area contributed by atoms with E-state index in [9.17, 15) is 8.42 Å². The normalized spacial score (nSPS) is 21.0. The zero-order chi connectivity index (χ0) is 20.4. The highest BCUT2D eigenvalue weighted by Gasteiger charge is 2.26. The lowest BCUT2D eigenvalue weighted by Crippen LogP contribution is -2.37. The number of aryl methyl sites for hydroxylation is 1. The van der Waals surface area contributed by atoms with E-state index in [-0.39, 0.29) is 5.84 Å². The average molecular weight is 416 g/mol. The van der Waals surface area contributed by atoms with Gasteiger partial charge in [0.15, 0.2) is 5.84 Å². The summed E-state index contributed by atoms with van der Waals surface area (Å²) in [5, 5.41) is 0. The number of aromatic nitrogens is 1. The molecule has 0 unspecified atom stereocenters. The van der Waals surface area contributed by atoms with Crippen LogP contribution in [-0.4, -0.2) is 43.8 Å². The monoisotopic (exact) mass is 415 g/mol. The van der Waals surface area contributed by atoms with Crippen LogP contribution in [0.1, 0.15) is 29.7 Å². The van der Waals surface area contributed by atoms with Gasteiger partial charge < -0.3 is 10.5 Å². The van der Waals surface area contributed by atoms with Crippen molar-refractivity contribution < 1.29 is 13.2 Å². The van der Waals surface area contributed by atoms with Crippen LogP contribution in [0.15, 0.2) is 40.9 Å². The highest BCUT2D eigenvalue weighted by atomic mass is 32.2. The summed E-state index contributed by atoms with van der Waals surface area (Å²) in [5.41, 5.74) is 9.11. The van der Waals surface area contributed by atoms with Crippen LogP contribution in [0.4, 0.5) is 5.69 Å². The molecule has 3 heterocycles. The fourth-order valence-corrected chi connectivity index (χ4v) is 4.75. The molecule has 0 spiro atoms. The Morgan fingerprint density at radius 3 is 3.00 bits per heavy atom. The Labute approximate surface area is 171 Å². The van der Waals surface area contributed by atoms with E-state index in [0.717, 1.165) is 38.2 Å². The van der Waals surface area contributed by atoms with Gasteiger partial charge in [-0.1, -0.05) is 12.1 Å². The maximum atomic E-state index is 11.7. The lowest BCUT2D eigenvalue weighted by molar-refractivity contribution is 0.125. The summed E-state index contributed by atoms with van der Waals surface area (Å²) in [4.78, 5) is 6.81. The van der Waals surface area contributed by atoms with Crippen LogP contribution in [0.25, 0.3) is 0 Å². The molecule has 8 nitrogen and oxygen atoms in total. The molecule has 3 N–H and O–H groups in total. The number of nitrogens with two attached hydrogens (primary N) is 1. The molecule has 2 aliphatic heterocycles. The van der Waals surface area contributed by atoms with Crippen LogP contribution in [-0.2, 0) is 16.8 Å². The van der Waals surface area contributed by atoms with Gasteiger partial charge in [-0.2, -0.15) is 8.42 Å². The number of piperidine rings is 1. The molecule has 2 aliphatic rings. The third-order valence-electron chi connectivity index (χ3n) is 5.33. The molecule has 1 aromatic heterocycles. The topological polar surface area (TPSA) is 110 Å². The Balaban J connectivity index is 1.42. The first-order valence-electron chi connectivity index (χ1n) is 9.68. The van der Waals surface area contributed by atoms with Crippen molar-refractivity contribution in [2.45, 2.75) is 26.3 Å². The zero-order valence-electron chi connectivity index (χ0n) is 16.3. The number of nitrogens with zero attached hydrogens (tertiary/aromatic N) is 3. The molecule has 9 heteroatoms. The van der Waals surface area contributed by atoms with Crippen molar-refractivity contribution in [1.82, 2.24) is 9.88 Å². The van der Waals surface area contributed by atoms with E-state index >= 15 is 0 Å². The summed E-state index contributed by atoms with van der Waals surface area (Å²) < 4.78 is 35.4. The van der Waals surface area contributed by atoms with E-state index in [2.05, 4.69) is 25.1 Å². The quantitative estimate of drug-likeness (QED) is 0.773. The molecule has 0 amide bonds. The number of nitrogens with one attached hydrogen (secondary N) is 1. The van der Waals surface area contributed by atoms with Gasteiger partial charge in [0.05, 0.1) is 17.9 Å². The summed E-state index contributed by atoms with van der Waals surface area (Å²) >= 11 is 0. The van der Waals surface area contributed by atoms with Gasteiger partial charge in [-0.25, -0.2) is 0 Å². The minimum absolute atomic E-state index is 0.0494. The van der Waals surface area contributed by atoms with E-state index < -0.39 is 10.2 Å². The van der Waals surface area contributed by atoms with Crippen LogP contribution in [0.5, 0.6) is 5.75 Å². The first-order valence-corrected chi connectivity index (χ1v) is 11.1. The number of ether oxygens (including phenoxy) is 1. The molecule has 29 heavy (non-hydrogen) atoms. The molecule has 0 bridgehead atoms. The minimum Gasteiger partial charge on any atom is -0.492 e. The number of rotatable bonds is 5. The van der Waals surface area contributed by atoms with Crippen molar-refractivity contribution in [3.05, 3.63) is 53.3 Å². The van der Waals surface area contributed by atoms with Gasteiger partial charge in [-0.05, 0) is 50.1 Å². The van der Waals surface area contributed by atoms with Crippen LogP contribution >= 0.6 is 0 Å². The minimum atomic E-state index is -3.79. The van der Waals surface area contributed by atoms with Gasteiger partial charge >= 0.3 is 10.2 Å². The van der Waals surface area contributed by atoms with Gasteiger partial charge in [0.1, 0.15) is 5.75 Å². The van der Waals surface area contributed by atoms with Gasteiger partial charge in [0, 0.05) is 30.9 Å². The predicted molar refractivity (Wildman–Crippen MR) is 112 cm³/mol. The Bertz CT molecular complexity index is 1040.